The Labute approximate surface area is 102 Å². The topological polar surface area (TPSA) is 24.5 Å². The summed E-state index contributed by atoms with van der Waals surface area (Å²) in [6, 6.07) is 7.04. The fourth-order valence-corrected chi connectivity index (χ4v) is 1.98. The summed E-state index contributed by atoms with van der Waals surface area (Å²) in [7, 11) is 2.02. The second-order valence-electron chi connectivity index (χ2n) is 4.41. The molecule has 0 amide bonds. The zero-order chi connectivity index (χ0) is 12.1. The van der Waals surface area contributed by atoms with Gasteiger partial charge >= 0.3 is 0 Å². The Balaban J connectivity index is 1.80. The van der Waals surface area contributed by atoms with Gasteiger partial charge in [-0.2, -0.15) is 0 Å². The highest BCUT2D eigenvalue weighted by molar-refractivity contribution is 5.45. The minimum atomic E-state index is -0.190. The summed E-state index contributed by atoms with van der Waals surface area (Å²) in [6.07, 6.45) is 1.04. The van der Waals surface area contributed by atoms with Crippen LogP contribution in [0, 0.1) is 5.82 Å². The first-order valence-electron chi connectivity index (χ1n) is 6.03. The Bertz CT molecular complexity index is 336. The van der Waals surface area contributed by atoms with E-state index in [-0.39, 0.29) is 5.82 Å². The van der Waals surface area contributed by atoms with Crippen LogP contribution >= 0.6 is 0 Å². The summed E-state index contributed by atoms with van der Waals surface area (Å²) in [5.74, 6) is -0.190. The van der Waals surface area contributed by atoms with E-state index in [1.54, 1.807) is 12.1 Å². The van der Waals surface area contributed by atoms with E-state index >= 15 is 0 Å². The molecule has 0 spiro atoms. The molecular formula is C13H19FN2O. The lowest BCUT2D eigenvalue weighted by molar-refractivity contribution is 0.0749. The lowest BCUT2D eigenvalue weighted by atomic mass is 10.2. The van der Waals surface area contributed by atoms with Crippen molar-refractivity contribution in [2.45, 2.75) is 12.5 Å². The van der Waals surface area contributed by atoms with Gasteiger partial charge in [0.1, 0.15) is 5.82 Å². The zero-order valence-corrected chi connectivity index (χ0v) is 10.2. The Morgan fingerprint density at radius 1 is 1.41 bits per heavy atom. The van der Waals surface area contributed by atoms with Crippen molar-refractivity contribution in [3.8, 4) is 0 Å². The molecule has 1 aliphatic heterocycles. The molecule has 0 bridgehead atoms. The number of nitrogens with one attached hydrogen (secondary N) is 1. The highest BCUT2D eigenvalue weighted by Crippen LogP contribution is 2.13. The number of nitrogens with zero attached hydrogens (tertiary/aromatic N) is 1. The van der Waals surface area contributed by atoms with Gasteiger partial charge in [0.05, 0.1) is 13.2 Å². The number of hydrogen-bond acceptors (Lipinski definition) is 3. The molecule has 1 fully saturated rings. The van der Waals surface area contributed by atoms with Crippen LogP contribution in [-0.4, -0.2) is 39.4 Å². The fraction of sp³-hybridized carbons (Fsp3) is 0.538. The summed E-state index contributed by atoms with van der Waals surface area (Å²) in [5, 5.41) is 3.42. The Hall–Kier alpha value is -1.13. The molecule has 1 atom stereocenters. The van der Waals surface area contributed by atoms with Crippen LogP contribution in [0.1, 0.15) is 6.42 Å². The molecule has 1 unspecified atom stereocenters. The van der Waals surface area contributed by atoms with Crippen LogP contribution in [0.2, 0.25) is 0 Å². The standard InChI is InChI=1S/C13H19FN2O/c1-16(13-4-2-11(14)3-5-13)8-6-12-10-17-9-7-15-12/h2-5,12,15H,6-10H2,1H3. The van der Waals surface area contributed by atoms with Gasteiger partial charge in [-0.3, -0.25) is 0 Å². The minimum Gasteiger partial charge on any atom is -0.379 e. The van der Waals surface area contributed by atoms with E-state index in [1.165, 1.54) is 12.1 Å². The molecule has 4 heteroatoms. The van der Waals surface area contributed by atoms with Crippen LogP contribution in [-0.2, 0) is 4.74 Å². The molecule has 1 aromatic rings. The quantitative estimate of drug-likeness (QED) is 0.863. The number of ether oxygens (including phenoxy) is 1. The van der Waals surface area contributed by atoms with Crippen LogP contribution in [0.25, 0.3) is 0 Å². The van der Waals surface area contributed by atoms with Crippen LogP contribution in [0.15, 0.2) is 24.3 Å². The number of anilines is 1. The monoisotopic (exact) mass is 238 g/mol. The Kier molecular flexibility index (Phi) is 4.34. The minimum absolute atomic E-state index is 0.190. The van der Waals surface area contributed by atoms with Crippen LogP contribution in [0.5, 0.6) is 0 Å². The molecule has 1 saturated heterocycles. The SMILES string of the molecule is CN(CCC1COCCN1)c1ccc(F)cc1. The highest BCUT2D eigenvalue weighted by atomic mass is 19.1. The first-order valence-corrected chi connectivity index (χ1v) is 6.03. The number of halogens is 1. The summed E-state index contributed by atoms with van der Waals surface area (Å²) in [5.41, 5.74) is 1.04. The van der Waals surface area contributed by atoms with Gasteiger partial charge in [0.15, 0.2) is 0 Å². The van der Waals surface area contributed by atoms with Crippen molar-refractivity contribution in [3.05, 3.63) is 30.1 Å². The fourth-order valence-electron chi connectivity index (χ4n) is 1.98. The molecule has 0 radical (unpaired) electrons. The van der Waals surface area contributed by atoms with Crippen LogP contribution in [0.4, 0.5) is 10.1 Å². The van der Waals surface area contributed by atoms with Gasteiger partial charge in [0, 0.05) is 31.9 Å². The van der Waals surface area contributed by atoms with Gasteiger partial charge in [0.25, 0.3) is 0 Å². The first kappa shape index (κ1) is 12.3. The average molecular weight is 238 g/mol. The van der Waals surface area contributed by atoms with E-state index < -0.39 is 0 Å². The van der Waals surface area contributed by atoms with Crippen molar-refractivity contribution < 1.29 is 9.13 Å². The zero-order valence-electron chi connectivity index (χ0n) is 10.2. The molecule has 1 aromatic carbocycles. The van der Waals surface area contributed by atoms with Gasteiger partial charge in [-0.1, -0.05) is 0 Å². The van der Waals surface area contributed by atoms with E-state index in [0.717, 1.165) is 38.4 Å². The van der Waals surface area contributed by atoms with Gasteiger partial charge in [-0.15, -0.1) is 0 Å². The maximum absolute atomic E-state index is 12.8. The number of hydrogen-bond donors (Lipinski definition) is 1. The van der Waals surface area contributed by atoms with Crippen LogP contribution in [0.3, 0.4) is 0 Å². The molecule has 0 saturated carbocycles. The predicted octanol–water partition coefficient (Wildman–Crippen LogP) is 1.64. The van der Waals surface area contributed by atoms with Gasteiger partial charge in [-0.05, 0) is 30.7 Å². The van der Waals surface area contributed by atoms with E-state index in [1.807, 2.05) is 7.05 Å². The third kappa shape index (κ3) is 3.68. The molecule has 0 aromatic heterocycles. The Morgan fingerprint density at radius 2 is 2.18 bits per heavy atom. The van der Waals surface area contributed by atoms with E-state index in [2.05, 4.69) is 10.2 Å². The summed E-state index contributed by atoms with van der Waals surface area (Å²) in [4.78, 5) is 2.13. The Morgan fingerprint density at radius 3 is 2.82 bits per heavy atom. The van der Waals surface area contributed by atoms with E-state index in [0.29, 0.717) is 6.04 Å². The van der Waals surface area contributed by atoms with Crippen molar-refractivity contribution >= 4 is 5.69 Å². The van der Waals surface area contributed by atoms with Crippen LogP contribution < -0.4 is 10.2 Å². The normalized spacial score (nSPS) is 20.2. The van der Waals surface area contributed by atoms with Crippen molar-refractivity contribution in [1.29, 1.82) is 0 Å². The second-order valence-corrected chi connectivity index (χ2v) is 4.41. The van der Waals surface area contributed by atoms with Gasteiger partial charge in [0.2, 0.25) is 0 Å². The van der Waals surface area contributed by atoms with E-state index in [9.17, 15) is 4.39 Å². The number of morpholine rings is 1. The number of rotatable bonds is 4. The van der Waals surface area contributed by atoms with E-state index in [4.69, 9.17) is 4.74 Å². The molecule has 94 valence electrons. The molecule has 1 N–H and O–H groups in total. The highest BCUT2D eigenvalue weighted by Gasteiger charge is 2.13. The third-order valence-corrected chi connectivity index (χ3v) is 3.08. The lowest BCUT2D eigenvalue weighted by Gasteiger charge is -2.27. The second kappa shape index (κ2) is 5.98. The smallest absolute Gasteiger partial charge is 0.123 e. The molecule has 2 rings (SSSR count). The summed E-state index contributed by atoms with van der Waals surface area (Å²) < 4.78 is 18.2. The third-order valence-electron chi connectivity index (χ3n) is 3.08. The average Bonchev–Trinajstić information content (AvgIpc) is 2.38. The summed E-state index contributed by atoms with van der Waals surface area (Å²) in [6.45, 7) is 3.47. The van der Waals surface area contributed by atoms with Gasteiger partial charge in [-0.25, -0.2) is 4.39 Å². The lowest BCUT2D eigenvalue weighted by Crippen LogP contribution is -2.42. The molecule has 3 nitrogen and oxygen atoms in total. The van der Waals surface area contributed by atoms with Crippen molar-refractivity contribution in [1.82, 2.24) is 5.32 Å². The molecule has 1 heterocycles. The maximum atomic E-state index is 12.8. The predicted molar refractivity (Wildman–Crippen MR) is 66.9 cm³/mol. The molecular weight excluding hydrogens is 219 g/mol. The maximum Gasteiger partial charge on any atom is 0.123 e. The molecule has 17 heavy (non-hydrogen) atoms. The van der Waals surface area contributed by atoms with Crippen molar-refractivity contribution in [2.24, 2.45) is 0 Å². The first-order chi connectivity index (χ1) is 8.25. The summed E-state index contributed by atoms with van der Waals surface area (Å²) >= 11 is 0. The molecule has 0 aliphatic carbocycles. The van der Waals surface area contributed by atoms with Gasteiger partial charge < -0.3 is 15.0 Å². The van der Waals surface area contributed by atoms with Crippen molar-refractivity contribution in [3.63, 3.8) is 0 Å². The number of benzene rings is 1. The largest absolute Gasteiger partial charge is 0.379 e. The molecule has 1 aliphatic rings. The van der Waals surface area contributed by atoms with Crippen molar-refractivity contribution in [2.75, 3.05) is 38.3 Å².